The third-order valence-corrected chi connectivity index (χ3v) is 6.05. The van der Waals surface area contributed by atoms with Crippen molar-refractivity contribution < 1.29 is 23.8 Å². The zero-order valence-corrected chi connectivity index (χ0v) is 17.4. The Bertz CT molecular complexity index is 778. The molecule has 0 unspecified atom stereocenters. The number of ether oxygens (including phenoxy) is 3. The first kappa shape index (κ1) is 20.1. The van der Waals surface area contributed by atoms with E-state index in [9.17, 15) is 9.59 Å². The van der Waals surface area contributed by atoms with E-state index in [-0.39, 0.29) is 24.0 Å². The third-order valence-electron chi connectivity index (χ3n) is 6.05. The van der Waals surface area contributed by atoms with Crippen molar-refractivity contribution >= 4 is 11.9 Å². The smallest absolute Gasteiger partial charge is 0.313 e. The second-order valence-corrected chi connectivity index (χ2v) is 9.31. The van der Waals surface area contributed by atoms with Gasteiger partial charge in [-0.3, -0.25) is 9.59 Å². The predicted octanol–water partition coefficient (Wildman–Crippen LogP) is 4.17. The van der Waals surface area contributed by atoms with Gasteiger partial charge in [0.15, 0.2) is 0 Å². The fourth-order valence-corrected chi connectivity index (χ4v) is 4.79. The first-order chi connectivity index (χ1) is 13.8. The lowest BCUT2D eigenvalue weighted by atomic mass is 9.80. The molecule has 1 aliphatic carbocycles. The maximum atomic E-state index is 13.2. The zero-order valence-electron chi connectivity index (χ0n) is 17.4. The zero-order chi connectivity index (χ0) is 20.6. The molecule has 0 spiro atoms. The molecule has 1 saturated heterocycles. The molecule has 1 saturated carbocycles. The van der Waals surface area contributed by atoms with Crippen LogP contribution in [0.4, 0.5) is 0 Å². The monoisotopic (exact) mass is 398 g/mol. The summed E-state index contributed by atoms with van der Waals surface area (Å²) in [6, 6.07) is 10.2. The molecule has 3 aliphatic rings. The number of rotatable bonds is 4. The largest absolute Gasteiger partial charge is 0.461 e. The van der Waals surface area contributed by atoms with E-state index in [0.29, 0.717) is 0 Å². The Balaban J connectivity index is 1.50. The fourth-order valence-electron chi connectivity index (χ4n) is 4.79. The maximum absolute atomic E-state index is 13.2. The van der Waals surface area contributed by atoms with E-state index in [2.05, 4.69) is 12.1 Å². The van der Waals surface area contributed by atoms with Gasteiger partial charge in [-0.15, -0.1) is 0 Å². The molecule has 0 aromatic heterocycles. The van der Waals surface area contributed by atoms with E-state index in [1.165, 1.54) is 5.56 Å². The molecule has 1 aromatic rings. The fraction of sp³-hybridized carbons (Fsp3) is 0.583. The molecule has 0 N–H and O–H groups in total. The lowest BCUT2D eigenvalue weighted by Gasteiger charge is -2.33. The molecule has 2 bridgehead atoms. The van der Waals surface area contributed by atoms with Gasteiger partial charge in [0.25, 0.3) is 0 Å². The second-order valence-electron chi connectivity index (χ2n) is 9.31. The molecule has 5 heteroatoms. The Kier molecular flexibility index (Phi) is 5.52. The van der Waals surface area contributed by atoms with E-state index in [1.807, 2.05) is 51.1 Å². The summed E-state index contributed by atoms with van der Waals surface area (Å²) in [6.07, 6.45) is 6.76. The summed E-state index contributed by atoms with van der Waals surface area (Å²) >= 11 is 0. The van der Waals surface area contributed by atoms with Crippen LogP contribution in [0.3, 0.4) is 0 Å². The van der Waals surface area contributed by atoms with Crippen LogP contribution >= 0.6 is 0 Å². The first-order valence-electron chi connectivity index (χ1n) is 10.7. The highest BCUT2D eigenvalue weighted by Gasteiger charge is 2.55. The van der Waals surface area contributed by atoms with Gasteiger partial charge >= 0.3 is 11.9 Å². The van der Waals surface area contributed by atoms with Gasteiger partial charge in [0.1, 0.15) is 23.5 Å². The van der Waals surface area contributed by atoms with Crippen LogP contribution in [0.1, 0.15) is 57.9 Å². The number of carbonyl (C=O) groups excluding carboxylic acids is 2. The van der Waals surface area contributed by atoms with Gasteiger partial charge < -0.3 is 14.2 Å². The Morgan fingerprint density at radius 3 is 2.21 bits per heavy atom. The second kappa shape index (κ2) is 7.94. The number of benzene rings is 1. The van der Waals surface area contributed by atoms with E-state index < -0.39 is 29.6 Å². The van der Waals surface area contributed by atoms with Crippen LogP contribution in [-0.4, -0.2) is 35.9 Å². The topological polar surface area (TPSA) is 61.8 Å². The first-order valence-corrected chi connectivity index (χ1v) is 10.7. The molecule has 5 nitrogen and oxygen atoms in total. The van der Waals surface area contributed by atoms with Gasteiger partial charge in [-0.2, -0.15) is 0 Å². The number of esters is 2. The molecular formula is C24H30O5. The summed E-state index contributed by atoms with van der Waals surface area (Å²) in [4.78, 5) is 26.0. The van der Waals surface area contributed by atoms with Crippen LogP contribution in [0.2, 0.25) is 0 Å². The average molecular weight is 398 g/mol. The van der Waals surface area contributed by atoms with Crippen molar-refractivity contribution in [2.75, 3.05) is 0 Å². The van der Waals surface area contributed by atoms with Gasteiger partial charge in [-0.05, 0) is 45.6 Å². The van der Waals surface area contributed by atoms with Crippen molar-refractivity contribution in [1.82, 2.24) is 0 Å². The van der Waals surface area contributed by atoms with Gasteiger partial charge in [0.2, 0.25) is 0 Å². The summed E-state index contributed by atoms with van der Waals surface area (Å²) in [6.45, 7) is 5.48. The Morgan fingerprint density at radius 2 is 1.55 bits per heavy atom. The molecule has 156 valence electrons. The molecule has 2 fully saturated rings. The Morgan fingerprint density at radius 1 is 0.931 bits per heavy atom. The molecular weight excluding hydrogens is 368 g/mol. The van der Waals surface area contributed by atoms with Crippen molar-refractivity contribution in [2.24, 2.45) is 11.8 Å². The minimum atomic E-state index is -0.643. The Hall–Kier alpha value is -2.14. The summed E-state index contributed by atoms with van der Waals surface area (Å²) in [5.74, 6) is -1.82. The maximum Gasteiger partial charge on any atom is 0.313 e. The molecule has 2 heterocycles. The van der Waals surface area contributed by atoms with E-state index in [1.54, 1.807) is 0 Å². The molecule has 1 aromatic carbocycles. The SMILES string of the molecule is CC(C)(C)OC(=O)[C@H]1[C@@H](C(=O)O[C@@H]2CCCC[C@H]2c2ccccc2)[C@H]2C=C[C@@H]1O2. The lowest BCUT2D eigenvalue weighted by molar-refractivity contribution is -0.170. The third kappa shape index (κ3) is 4.25. The lowest BCUT2D eigenvalue weighted by Crippen LogP contribution is -2.42. The Labute approximate surface area is 172 Å². The molecule has 29 heavy (non-hydrogen) atoms. The molecule has 2 aliphatic heterocycles. The highest BCUT2D eigenvalue weighted by molar-refractivity contribution is 5.85. The quantitative estimate of drug-likeness (QED) is 0.563. The number of hydrogen-bond donors (Lipinski definition) is 0. The molecule has 0 amide bonds. The highest BCUT2D eigenvalue weighted by Crippen LogP contribution is 2.42. The summed E-state index contributed by atoms with van der Waals surface area (Å²) < 4.78 is 17.5. The average Bonchev–Trinajstić information content (AvgIpc) is 3.29. The van der Waals surface area contributed by atoms with E-state index >= 15 is 0 Å². The number of hydrogen-bond acceptors (Lipinski definition) is 5. The van der Waals surface area contributed by atoms with Crippen LogP contribution in [0.25, 0.3) is 0 Å². The van der Waals surface area contributed by atoms with Crippen molar-refractivity contribution in [3.8, 4) is 0 Å². The highest BCUT2D eigenvalue weighted by atomic mass is 16.6. The molecule has 6 atom stereocenters. The van der Waals surface area contributed by atoms with Crippen LogP contribution in [-0.2, 0) is 23.8 Å². The van der Waals surface area contributed by atoms with Crippen molar-refractivity contribution in [3.63, 3.8) is 0 Å². The van der Waals surface area contributed by atoms with Crippen molar-refractivity contribution in [3.05, 3.63) is 48.0 Å². The van der Waals surface area contributed by atoms with Crippen molar-refractivity contribution in [2.45, 2.75) is 76.3 Å². The van der Waals surface area contributed by atoms with Crippen LogP contribution in [0.5, 0.6) is 0 Å². The molecule has 4 rings (SSSR count). The van der Waals surface area contributed by atoms with Crippen LogP contribution in [0.15, 0.2) is 42.5 Å². The van der Waals surface area contributed by atoms with Gasteiger partial charge in [-0.1, -0.05) is 48.9 Å². The number of fused-ring (bicyclic) bond motifs is 2. The van der Waals surface area contributed by atoms with E-state index in [4.69, 9.17) is 14.2 Å². The van der Waals surface area contributed by atoms with Gasteiger partial charge in [0.05, 0.1) is 12.2 Å². The normalized spacial score (nSPS) is 33.5. The number of carbonyl (C=O) groups is 2. The molecule has 0 radical (unpaired) electrons. The standard InChI is InChI=1S/C24H30O5/c1-24(2,3)29-23(26)21-19-14-13-18(27-19)20(21)22(25)28-17-12-8-7-11-16(17)15-9-5-4-6-10-15/h4-6,9-10,13-14,16-21H,7-8,11-12H2,1-3H3/t16-,17+,18+,19-,20-,21+/m0/s1. The summed E-state index contributed by atoms with van der Waals surface area (Å²) in [5.41, 5.74) is 0.594. The van der Waals surface area contributed by atoms with Gasteiger partial charge in [-0.25, -0.2) is 0 Å². The minimum absolute atomic E-state index is 0.166. The van der Waals surface area contributed by atoms with Crippen molar-refractivity contribution in [1.29, 1.82) is 0 Å². The summed E-state index contributed by atoms with van der Waals surface area (Å²) in [5, 5.41) is 0. The van der Waals surface area contributed by atoms with E-state index in [0.717, 1.165) is 25.7 Å². The summed E-state index contributed by atoms with van der Waals surface area (Å²) in [7, 11) is 0. The van der Waals surface area contributed by atoms with Crippen LogP contribution < -0.4 is 0 Å². The minimum Gasteiger partial charge on any atom is -0.461 e. The predicted molar refractivity (Wildman–Crippen MR) is 108 cm³/mol. The van der Waals surface area contributed by atoms with Gasteiger partial charge in [0, 0.05) is 5.92 Å². The van der Waals surface area contributed by atoms with Crippen LogP contribution in [0, 0.1) is 11.8 Å².